The van der Waals surface area contributed by atoms with Crippen LogP contribution in [-0.2, 0) is 6.42 Å². The van der Waals surface area contributed by atoms with Crippen LogP contribution in [0.5, 0.6) is 0 Å². The Morgan fingerprint density at radius 3 is 2.50 bits per heavy atom. The van der Waals surface area contributed by atoms with E-state index in [9.17, 15) is 0 Å². The molecule has 0 amide bonds. The lowest BCUT2D eigenvalue weighted by Gasteiger charge is -2.12. The van der Waals surface area contributed by atoms with Crippen LogP contribution >= 0.6 is 0 Å². The summed E-state index contributed by atoms with van der Waals surface area (Å²) >= 11 is 0. The van der Waals surface area contributed by atoms with Gasteiger partial charge >= 0.3 is 0 Å². The highest BCUT2D eigenvalue weighted by Crippen LogP contribution is 2.41. The lowest BCUT2D eigenvalue weighted by Crippen LogP contribution is -1.91. The zero-order valence-corrected chi connectivity index (χ0v) is 15.0. The maximum Gasteiger partial charge on any atom is 0.138 e. The predicted octanol–water partition coefficient (Wildman–Crippen LogP) is 6.81. The highest BCUT2D eigenvalue weighted by Gasteiger charge is 2.22. The van der Waals surface area contributed by atoms with Crippen LogP contribution in [0.15, 0.2) is 71.3 Å². The maximum atomic E-state index is 5.95. The van der Waals surface area contributed by atoms with Crippen molar-refractivity contribution in [2.75, 3.05) is 0 Å². The van der Waals surface area contributed by atoms with E-state index in [2.05, 4.69) is 80.6 Å². The van der Waals surface area contributed by atoms with E-state index < -0.39 is 0 Å². The summed E-state index contributed by atoms with van der Waals surface area (Å²) in [4.78, 5) is 0. The smallest absolute Gasteiger partial charge is 0.138 e. The normalized spacial score (nSPS) is 13.1. The fourth-order valence-electron chi connectivity index (χ4n) is 4.01. The van der Waals surface area contributed by atoms with Crippen molar-refractivity contribution >= 4 is 22.4 Å². The number of fused-ring (bicyclic) bond motifs is 2. The zero-order chi connectivity index (χ0) is 17.7. The molecule has 1 heterocycles. The molecule has 26 heavy (non-hydrogen) atoms. The SMILES string of the molecule is Cc1ccc(-c2c(C)ccc3c2C=C(c2occ4ccccc24)C3)cc1. The molecule has 0 saturated carbocycles. The van der Waals surface area contributed by atoms with Gasteiger partial charge in [-0.15, -0.1) is 0 Å². The largest absolute Gasteiger partial charge is 0.463 e. The van der Waals surface area contributed by atoms with E-state index in [4.69, 9.17) is 4.42 Å². The molecule has 1 aromatic heterocycles. The van der Waals surface area contributed by atoms with Crippen molar-refractivity contribution in [2.24, 2.45) is 0 Å². The van der Waals surface area contributed by atoms with Gasteiger partial charge in [-0.05, 0) is 47.7 Å². The summed E-state index contributed by atoms with van der Waals surface area (Å²) in [6.45, 7) is 4.33. The third-order valence-electron chi connectivity index (χ3n) is 5.38. The second kappa shape index (κ2) is 5.74. The van der Waals surface area contributed by atoms with E-state index in [0.29, 0.717) is 0 Å². The first-order chi connectivity index (χ1) is 12.7. The maximum absolute atomic E-state index is 5.95. The van der Waals surface area contributed by atoms with Crippen molar-refractivity contribution in [2.45, 2.75) is 20.3 Å². The summed E-state index contributed by atoms with van der Waals surface area (Å²) in [6.07, 6.45) is 5.11. The molecule has 5 rings (SSSR count). The molecule has 0 N–H and O–H groups in total. The molecule has 1 aliphatic rings. The van der Waals surface area contributed by atoms with E-state index in [1.165, 1.54) is 44.3 Å². The number of benzene rings is 3. The Hall–Kier alpha value is -3.06. The van der Waals surface area contributed by atoms with Crippen LogP contribution in [0.3, 0.4) is 0 Å². The molecule has 1 heteroatoms. The molecule has 0 bridgehead atoms. The first-order valence-electron chi connectivity index (χ1n) is 9.07. The van der Waals surface area contributed by atoms with Gasteiger partial charge in [0, 0.05) is 22.8 Å². The Balaban J connectivity index is 1.68. The lowest BCUT2D eigenvalue weighted by molar-refractivity contribution is 0.557. The fourth-order valence-corrected chi connectivity index (χ4v) is 4.01. The van der Waals surface area contributed by atoms with Crippen molar-refractivity contribution < 1.29 is 4.42 Å². The number of aryl methyl sites for hydroxylation is 2. The Kier molecular flexibility index (Phi) is 3.36. The van der Waals surface area contributed by atoms with Gasteiger partial charge in [0.15, 0.2) is 0 Å². The summed E-state index contributed by atoms with van der Waals surface area (Å²) < 4.78 is 5.95. The summed E-state index contributed by atoms with van der Waals surface area (Å²) in [5.41, 5.74) is 9.21. The molecule has 0 radical (unpaired) electrons. The molecule has 1 aliphatic carbocycles. The van der Waals surface area contributed by atoms with Gasteiger partial charge in [0.25, 0.3) is 0 Å². The first kappa shape index (κ1) is 15.2. The zero-order valence-electron chi connectivity index (χ0n) is 15.0. The number of hydrogen-bond acceptors (Lipinski definition) is 1. The monoisotopic (exact) mass is 336 g/mol. The Morgan fingerprint density at radius 1 is 0.846 bits per heavy atom. The third-order valence-corrected chi connectivity index (χ3v) is 5.38. The summed E-state index contributed by atoms with van der Waals surface area (Å²) in [7, 11) is 0. The van der Waals surface area contributed by atoms with Gasteiger partial charge in [0.1, 0.15) is 5.76 Å². The van der Waals surface area contributed by atoms with Crippen molar-refractivity contribution in [3.63, 3.8) is 0 Å². The molecule has 1 nitrogen and oxygen atoms in total. The van der Waals surface area contributed by atoms with Crippen molar-refractivity contribution in [3.05, 3.63) is 94.9 Å². The van der Waals surface area contributed by atoms with E-state index in [1.54, 1.807) is 0 Å². The Labute approximate surface area is 153 Å². The van der Waals surface area contributed by atoms with Gasteiger partial charge in [0.2, 0.25) is 0 Å². The minimum Gasteiger partial charge on any atom is -0.463 e. The molecular formula is C25H20O. The summed E-state index contributed by atoms with van der Waals surface area (Å²) in [5.74, 6) is 1.00. The van der Waals surface area contributed by atoms with Crippen LogP contribution < -0.4 is 0 Å². The minimum absolute atomic E-state index is 0.923. The van der Waals surface area contributed by atoms with Crippen LogP contribution in [0.25, 0.3) is 33.5 Å². The quantitative estimate of drug-likeness (QED) is 0.392. The summed E-state index contributed by atoms with van der Waals surface area (Å²) in [6, 6.07) is 21.7. The number of furan rings is 1. The van der Waals surface area contributed by atoms with Gasteiger partial charge in [-0.1, -0.05) is 66.2 Å². The highest BCUT2D eigenvalue weighted by molar-refractivity contribution is 6.00. The van der Waals surface area contributed by atoms with Crippen LogP contribution in [0.2, 0.25) is 0 Å². The van der Waals surface area contributed by atoms with Gasteiger partial charge in [-0.3, -0.25) is 0 Å². The van der Waals surface area contributed by atoms with E-state index in [-0.39, 0.29) is 0 Å². The van der Waals surface area contributed by atoms with Crippen molar-refractivity contribution in [1.29, 1.82) is 0 Å². The predicted molar refractivity (Wildman–Crippen MR) is 109 cm³/mol. The van der Waals surface area contributed by atoms with E-state index in [0.717, 1.165) is 17.6 Å². The minimum atomic E-state index is 0.923. The van der Waals surface area contributed by atoms with Crippen LogP contribution in [0, 0.1) is 13.8 Å². The molecule has 0 atom stereocenters. The number of hydrogen-bond donors (Lipinski definition) is 0. The second-order valence-corrected chi connectivity index (χ2v) is 7.19. The van der Waals surface area contributed by atoms with Crippen LogP contribution in [-0.4, -0.2) is 0 Å². The Bertz CT molecular complexity index is 1160. The lowest BCUT2D eigenvalue weighted by atomic mass is 9.92. The second-order valence-electron chi connectivity index (χ2n) is 7.19. The first-order valence-corrected chi connectivity index (χ1v) is 9.07. The molecule has 0 aliphatic heterocycles. The molecule has 0 fully saturated rings. The van der Waals surface area contributed by atoms with Gasteiger partial charge in [-0.2, -0.15) is 0 Å². The third kappa shape index (κ3) is 2.32. The molecule has 0 spiro atoms. The van der Waals surface area contributed by atoms with E-state index >= 15 is 0 Å². The molecule has 3 aromatic carbocycles. The average molecular weight is 336 g/mol. The number of rotatable bonds is 2. The molecule has 0 saturated heterocycles. The standard InChI is InChI=1S/C25H20O/c1-16-7-10-18(11-8-16)24-17(2)9-12-19-13-21(14-23(19)24)25-22-6-4-3-5-20(22)15-26-25/h3-12,14-15H,13H2,1-2H3. The molecule has 0 unspecified atom stereocenters. The van der Waals surface area contributed by atoms with Crippen LogP contribution in [0.4, 0.5) is 0 Å². The molecule has 126 valence electrons. The van der Waals surface area contributed by atoms with Crippen LogP contribution in [0.1, 0.15) is 28.0 Å². The van der Waals surface area contributed by atoms with Gasteiger partial charge < -0.3 is 4.42 Å². The average Bonchev–Trinajstić information content (AvgIpc) is 3.26. The molecule has 4 aromatic rings. The highest BCUT2D eigenvalue weighted by atomic mass is 16.3. The van der Waals surface area contributed by atoms with E-state index in [1.807, 2.05) is 6.26 Å². The Morgan fingerprint density at radius 2 is 1.65 bits per heavy atom. The molecular weight excluding hydrogens is 316 g/mol. The van der Waals surface area contributed by atoms with Crippen molar-refractivity contribution in [3.8, 4) is 11.1 Å². The topological polar surface area (TPSA) is 13.1 Å². The van der Waals surface area contributed by atoms with Gasteiger partial charge in [0.05, 0.1) is 6.26 Å². The number of allylic oxidation sites excluding steroid dienone is 1. The van der Waals surface area contributed by atoms with Gasteiger partial charge in [-0.25, -0.2) is 0 Å². The fraction of sp³-hybridized carbons (Fsp3) is 0.120. The summed E-state index contributed by atoms with van der Waals surface area (Å²) in [5, 5.41) is 2.36. The van der Waals surface area contributed by atoms with Crippen molar-refractivity contribution in [1.82, 2.24) is 0 Å².